The Hall–Kier alpha value is -3.92. The summed E-state index contributed by atoms with van der Waals surface area (Å²) in [4.78, 5) is 30.7. The molecule has 2 heterocycles. The maximum Gasteiger partial charge on any atom is 0.416 e. The van der Waals surface area contributed by atoms with Gasteiger partial charge in [-0.05, 0) is 30.3 Å². The van der Waals surface area contributed by atoms with E-state index in [0.717, 1.165) is 17.5 Å². The number of anilines is 2. The van der Waals surface area contributed by atoms with Gasteiger partial charge in [0.15, 0.2) is 6.61 Å². The lowest BCUT2D eigenvalue weighted by atomic mass is 10.1. The van der Waals surface area contributed by atoms with E-state index in [4.69, 9.17) is 9.47 Å². The summed E-state index contributed by atoms with van der Waals surface area (Å²) in [6.07, 6.45) is -0.239. The SMILES string of the molecule is O=C(COC(=O)/C=C/c1cccc2cccnc12)Nc1cc(C(F)(F)F)ccc1N1CCOCC1. The molecule has 1 N–H and O–H groups in total. The fourth-order valence-corrected chi connectivity index (χ4v) is 3.68. The van der Waals surface area contributed by atoms with Gasteiger partial charge in [0.2, 0.25) is 0 Å². The first kappa shape index (κ1) is 24.2. The van der Waals surface area contributed by atoms with E-state index in [2.05, 4.69) is 10.3 Å². The first-order valence-corrected chi connectivity index (χ1v) is 10.8. The number of carbonyl (C=O) groups is 2. The summed E-state index contributed by atoms with van der Waals surface area (Å²) in [5.41, 5.74) is 0.929. The fourth-order valence-electron chi connectivity index (χ4n) is 3.68. The van der Waals surface area contributed by atoms with Gasteiger partial charge in [0.1, 0.15) is 0 Å². The zero-order valence-electron chi connectivity index (χ0n) is 18.5. The van der Waals surface area contributed by atoms with Crippen molar-refractivity contribution in [3.63, 3.8) is 0 Å². The molecule has 35 heavy (non-hydrogen) atoms. The molecule has 1 aliphatic rings. The van der Waals surface area contributed by atoms with Gasteiger partial charge in [-0.1, -0.05) is 24.3 Å². The van der Waals surface area contributed by atoms with Crippen molar-refractivity contribution in [2.45, 2.75) is 6.18 Å². The van der Waals surface area contributed by atoms with E-state index in [-0.39, 0.29) is 5.69 Å². The lowest BCUT2D eigenvalue weighted by molar-refractivity contribution is -0.142. The third-order valence-electron chi connectivity index (χ3n) is 5.36. The Morgan fingerprint density at radius 2 is 1.89 bits per heavy atom. The summed E-state index contributed by atoms with van der Waals surface area (Å²) < 4.78 is 49.9. The number of fused-ring (bicyclic) bond motifs is 1. The lowest BCUT2D eigenvalue weighted by Crippen LogP contribution is -2.37. The second kappa shape index (κ2) is 10.6. The van der Waals surface area contributed by atoms with Crippen LogP contribution in [0.2, 0.25) is 0 Å². The number of halogens is 3. The zero-order chi connectivity index (χ0) is 24.8. The molecule has 1 aliphatic heterocycles. The fraction of sp³-hybridized carbons (Fsp3) is 0.240. The molecule has 0 radical (unpaired) electrons. The minimum Gasteiger partial charge on any atom is -0.452 e. The van der Waals surface area contributed by atoms with Crippen molar-refractivity contribution in [1.82, 2.24) is 4.98 Å². The van der Waals surface area contributed by atoms with Crippen LogP contribution < -0.4 is 10.2 Å². The van der Waals surface area contributed by atoms with E-state index in [0.29, 0.717) is 43.1 Å². The third kappa shape index (κ3) is 6.15. The Morgan fingerprint density at radius 1 is 1.11 bits per heavy atom. The number of hydrogen-bond donors (Lipinski definition) is 1. The molecule has 0 atom stereocenters. The quantitative estimate of drug-likeness (QED) is 0.415. The Balaban J connectivity index is 1.42. The van der Waals surface area contributed by atoms with Gasteiger partial charge in [0, 0.05) is 36.3 Å². The molecule has 1 fully saturated rings. The van der Waals surface area contributed by atoms with Gasteiger partial charge >= 0.3 is 12.1 Å². The zero-order valence-corrected chi connectivity index (χ0v) is 18.5. The molecule has 0 unspecified atom stereocenters. The minimum atomic E-state index is -4.57. The molecule has 0 spiro atoms. The van der Waals surface area contributed by atoms with Crippen LogP contribution in [0.4, 0.5) is 24.5 Å². The number of morpholine rings is 1. The highest BCUT2D eigenvalue weighted by atomic mass is 19.4. The maximum atomic E-state index is 13.2. The Bertz CT molecular complexity index is 1250. The lowest BCUT2D eigenvalue weighted by Gasteiger charge is -2.31. The topological polar surface area (TPSA) is 80.8 Å². The van der Waals surface area contributed by atoms with Crippen molar-refractivity contribution in [2.24, 2.45) is 0 Å². The predicted octanol–water partition coefficient (Wildman–Crippen LogP) is 4.29. The molecule has 182 valence electrons. The smallest absolute Gasteiger partial charge is 0.416 e. The number of rotatable bonds is 6. The molecule has 4 rings (SSSR count). The maximum absolute atomic E-state index is 13.2. The highest BCUT2D eigenvalue weighted by Crippen LogP contribution is 2.35. The van der Waals surface area contributed by atoms with Gasteiger partial charge in [-0.2, -0.15) is 13.2 Å². The average Bonchev–Trinajstić information content (AvgIpc) is 2.86. The van der Waals surface area contributed by atoms with Crippen LogP contribution in [0.1, 0.15) is 11.1 Å². The van der Waals surface area contributed by atoms with E-state index >= 15 is 0 Å². The van der Waals surface area contributed by atoms with Crippen LogP contribution >= 0.6 is 0 Å². The molecule has 0 saturated carbocycles. The number of carbonyl (C=O) groups excluding carboxylic acids is 2. The molecular formula is C25H22F3N3O4. The van der Waals surface area contributed by atoms with Crippen molar-refractivity contribution in [3.8, 4) is 0 Å². The van der Waals surface area contributed by atoms with E-state index < -0.39 is 30.2 Å². The number of nitrogens with zero attached hydrogens (tertiary/aromatic N) is 2. The Morgan fingerprint density at radius 3 is 2.66 bits per heavy atom. The minimum absolute atomic E-state index is 0.0138. The van der Waals surface area contributed by atoms with Gasteiger partial charge < -0.3 is 19.7 Å². The molecular weight excluding hydrogens is 463 g/mol. The van der Waals surface area contributed by atoms with E-state index in [9.17, 15) is 22.8 Å². The molecule has 7 nitrogen and oxygen atoms in total. The number of ether oxygens (including phenoxy) is 2. The number of para-hydroxylation sites is 1. The van der Waals surface area contributed by atoms with Crippen LogP contribution in [0.5, 0.6) is 0 Å². The monoisotopic (exact) mass is 485 g/mol. The number of pyridine rings is 1. The largest absolute Gasteiger partial charge is 0.452 e. The highest BCUT2D eigenvalue weighted by Gasteiger charge is 2.32. The highest BCUT2D eigenvalue weighted by molar-refractivity contribution is 5.98. The summed E-state index contributed by atoms with van der Waals surface area (Å²) >= 11 is 0. The number of benzene rings is 2. The molecule has 3 aromatic rings. The Labute approximate surface area is 199 Å². The van der Waals surface area contributed by atoms with Gasteiger partial charge in [0.05, 0.1) is 35.7 Å². The number of esters is 1. The number of alkyl halides is 3. The van der Waals surface area contributed by atoms with Crippen molar-refractivity contribution in [3.05, 3.63) is 71.9 Å². The summed E-state index contributed by atoms with van der Waals surface area (Å²) in [7, 11) is 0. The number of hydrogen-bond acceptors (Lipinski definition) is 6. The summed E-state index contributed by atoms with van der Waals surface area (Å²) in [5, 5.41) is 3.34. The van der Waals surface area contributed by atoms with E-state index in [1.165, 1.54) is 18.2 Å². The van der Waals surface area contributed by atoms with Crippen LogP contribution in [0.3, 0.4) is 0 Å². The molecule has 0 aliphatic carbocycles. The number of aromatic nitrogens is 1. The van der Waals surface area contributed by atoms with Crippen LogP contribution in [0.25, 0.3) is 17.0 Å². The first-order chi connectivity index (χ1) is 16.8. The Kier molecular flexibility index (Phi) is 7.31. The third-order valence-corrected chi connectivity index (χ3v) is 5.36. The average molecular weight is 485 g/mol. The van der Waals surface area contributed by atoms with Crippen LogP contribution in [0.15, 0.2) is 60.8 Å². The molecule has 1 aromatic heterocycles. The van der Waals surface area contributed by atoms with Crippen molar-refractivity contribution in [1.29, 1.82) is 0 Å². The van der Waals surface area contributed by atoms with Crippen LogP contribution in [-0.2, 0) is 25.2 Å². The number of nitrogens with one attached hydrogen (secondary N) is 1. The summed E-state index contributed by atoms with van der Waals surface area (Å²) in [5.74, 6) is -1.53. The summed E-state index contributed by atoms with van der Waals surface area (Å²) in [6, 6.07) is 12.3. The molecule has 10 heteroatoms. The standard InChI is InChI=1S/C25H22F3N3O4/c26-25(27,28)19-7-8-21(31-11-13-34-14-12-31)20(15-19)30-22(32)16-35-23(33)9-6-18-4-1-3-17-5-2-10-29-24(17)18/h1-10,15H,11-14,16H2,(H,30,32)/b9-6+. The second-order valence-corrected chi connectivity index (χ2v) is 7.74. The van der Waals surface area contributed by atoms with Gasteiger partial charge in [-0.15, -0.1) is 0 Å². The second-order valence-electron chi connectivity index (χ2n) is 7.74. The number of amides is 1. The van der Waals surface area contributed by atoms with Crippen molar-refractivity contribution < 1.29 is 32.2 Å². The molecule has 0 bridgehead atoms. The van der Waals surface area contributed by atoms with Crippen molar-refractivity contribution in [2.75, 3.05) is 43.1 Å². The van der Waals surface area contributed by atoms with E-state index in [1.807, 2.05) is 23.1 Å². The molecule has 1 amide bonds. The summed E-state index contributed by atoms with van der Waals surface area (Å²) in [6.45, 7) is 1.12. The first-order valence-electron chi connectivity index (χ1n) is 10.8. The van der Waals surface area contributed by atoms with Gasteiger partial charge in [-0.25, -0.2) is 4.79 Å². The van der Waals surface area contributed by atoms with Crippen LogP contribution in [0, 0.1) is 0 Å². The van der Waals surface area contributed by atoms with Crippen molar-refractivity contribution >= 4 is 40.2 Å². The normalized spacial score (nSPS) is 14.3. The van der Waals surface area contributed by atoms with Gasteiger partial charge in [-0.3, -0.25) is 9.78 Å². The molecule has 1 saturated heterocycles. The van der Waals surface area contributed by atoms with Gasteiger partial charge in [0.25, 0.3) is 5.91 Å². The van der Waals surface area contributed by atoms with E-state index in [1.54, 1.807) is 18.3 Å². The predicted molar refractivity (Wildman–Crippen MR) is 125 cm³/mol. The molecule has 2 aromatic carbocycles. The van der Waals surface area contributed by atoms with Crippen LogP contribution in [-0.4, -0.2) is 49.8 Å².